The summed E-state index contributed by atoms with van der Waals surface area (Å²) >= 11 is 1.77. The molecule has 3 heteroatoms. The number of hydrogen-bond donors (Lipinski definition) is 1. The van der Waals surface area contributed by atoms with Crippen LogP contribution in [0.25, 0.3) is 10.2 Å². The minimum atomic E-state index is 0.0404. The van der Waals surface area contributed by atoms with E-state index in [4.69, 9.17) is 10.7 Å². The lowest BCUT2D eigenvalue weighted by atomic mass is 9.98. The molecule has 1 aromatic heterocycles. The minimum Gasteiger partial charge on any atom is -0.324 e. The fraction of sp³-hybridized carbons (Fsp3) is 0.462. The molecule has 2 nitrogen and oxygen atoms in total. The molecule has 2 rings (SSSR count). The Morgan fingerprint density at radius 1 is 1.31 bits per heavy atom. The van der Waals surface area contributed by atoms with E-state index in [1.54, 1.807) is 11.3 Å². The summed E-state index contributed by atoms with van der Waals surface area (Å²) in [5.41, 5.74) is 8.29. The van der Waals surface area contributed by atoms with Gasteiger partial charge in [-0.1, -0.05) is 32.9 Å². The third-order valence-electron chi connectivity index (χ3n) is 2.58. The summed E-state index contributed by atoms with van der Waals surface area (Å²) < 4.78 is 1.24. The van der Waals surface area contributed by atoms with E-state index in [2.05, 4.69) is 39.0 Å². The van der Waals surface area contributed by atoms with Gasteiger partial charge in [-0.25, -0.2) is 4.98 Å². The second-order valence-electron chi connectivity index (χ2n) is 5.25. The van der Waals surface area contributed by atoms with Gasteiger partial charge < -0.3 is 5.73 Å². The van der Waals surface area contributed by atoms with Gasteiger partial charge in [0, 0.05) is 11.5 Å². The van der Waals surface area contributed by atoms with Crippen LogP contribution in [0, 0.1) is 0 Å². The van der Waals surface area contributed by atoms with Gasteiger partial charge in [0.15, 0.2) is 0 Å². The molecule has 2 aromatic rings. The second-order valence-corrected chi connectivity index (χ2v) is 6.28. The van der Waals surface area contributed by atoms with Gasteiger partial charge in [0.2, 0.25) is 0 Å². The molecular formula is C13H18N2S. The predicted octanol–water partition coefficient (Wildman–Crippen LogP) is 3.61. The van der Waals surface area contributed by atoms with E-state index in [1.165, 1.54) is 9.71 Å². The molecule has 0 aliphatic heterocycles. The molecule has 0 radical (unpaired) electrons. The average Bonchev–Trinajstić information content (AvgIpc) is 2.59. The fourth-order valence-electron chi connectivity index (χ4n) is 1.66. The van der Waals surface area contributed by atoms with Crippen molar-refractivity contribution in [3.05, 3.63) is 28.8 Å². The molecule has 86 valence electrons. The van der Waals surface area contributed by atoms with E-state index < -0.39 is 0 Å². The smallest absolute Gasteiger partial charge is 0.0992 e. The van der Waals surface area contributed by atoms with Crippen LogP contribution in [0.15, 0.2) is 18.2 Å². The summed E-state index contributed by atoms with van der Waals surface area (Å²) in [7, 11) is 0. The van der Waals surface area contributed by atoms with Gasteiger partial charge in [0.1, 0.15) is 0 Å². The first-order valence-electron chi connectivity index (χ1n) is 5.55. The van der Waals surface area contributed by atoms with E-state index >= 15 is 0 Å². The van der Waals surface area contributed by atoms with Crippen molar-refractivity contribution in [2.24, 2.45) is 5.73 Å². The summed E-state index contributed by atoms with van der Waals surface area (Å²) in [6.07, 6.45) is 0. The molecular weight excluding hydrogens is 216 g/mol. The number of para-hydroxylation sites is 1. The van der Waals surface area contributed by atoms with Crippen molar-refractivity contribution in [2.45, 2.75) is 39.2 Å². The highest BCUT2D eigenvalue weighted by Crippen LogP contribution is 2.33. The van der Waals surface area contributed by atoms with Crippen molar-refractivity contribution < 1.29 is 0 Å². The van der Waals surface area contributed by atoms with Crippen molar-refractivity contribution >= 4 is 21.6 Å². The Labute approximate surface area is 101 Å². The quantitative estimate of drug-likeness (QED) is 0.818. The third-order valence-corrected chi connectivity index (χ3v) is 4.03. The van der Waals surface area contributed by atoms with Gasteiger partial charge in [-0.05, 0) is 18.6 Å². The summed E-state index contributed by atoms with van der Waals surface area (Å²) in [4.78, 5) is 4.74. The lowest BCUT2D eigenvalue weighted by Gasteiger charge is -2.13. The SMILES string of the molecule is CC(N)c1cccc2sc(C(C)(C)C)nc12. The topological polar surface area (TPSA) is 38.9 Å². The highest BCUT2D eigenvalue weighted by Gasteiger charge is 2.20. The Kier molecular flexibility index (Phi) is 2.76. The highest BCUT2D eigenvalue weighted by atomic mass is 32.1. The van der Waals surface area contributed by atoms with Gasteiger partial charge in [-0.15, -0.1) is 11.3 Å². The molecule has 16 heavy (non-hydrogen) atoms. The van der Waals surface area contributed by atoms with E-state index in [-0.39, 0.29) is 11.5 Å². The molecule has 0 spiro atoms. The first kappa shape index (κ1) is 11.6. The Morgan fingerprint density at radius 3 is 2.56 bits per heavy atom. The van der Waals surface area contributed by atoms with Crippen molar-refractivity contribution in [3.63, 3.8) is 0 Å². The van der Waals surface area contributed by atoms with Crippen LogP contribution < -0.4 is 5.73 Å². The van der Waals surface area contributed by atoms with Crippen LogP contribution in [0.4, 0.5) is 0 Å². The molecule has 1 heterocycles. The minimum absolute atomic E-state index is 0.0404. The molecule has 0 aliphatic carbocycles. The number of nitrogens with zero attached hydrogens (tertiary/aromatic N) is 1. The Hall–Kier alpha value is -0.930. The van der Waals surface area contributed by atoms with Gasteiger partial charge in [-0.2, -0.15) is 0 Å². The number of rotatable bonds is 1. The molecule has 0 fully saturated rings. The summed E-state index contributed by atoms with van der Waals surface area (Å²) in [6, 6.07) is 6.29. The van der Waals surface area contributed by atoms with Crippen LogP contribution in [-0.4, -0.2) is 4.98 Å². The number of benzene rings is 1. The number of nitrogens with two attached hydrogens (primary N) is 1. The molecule has 0 saturated heterocycles. The third kappa shape index (κ3) is 1.97. The van der Waals surface area contributed by atoms with Crippen LogP contribution in [0.3, 0.4) is 0 Å². The van der Waals surface area contributed by atoms with E-state index in [0.717, 1.165) is 11.1 Å². The number of fused-ring (bicyclic) bond motifs is 1. The van der Waals surface area contributed by atoms with Crippen LogP contribution in [-0.2, 0) is 5.41 Å². The molecule has 1 unspecified atom stereocenters. The first-order valence-corrected chi connectivity index (χ1v) is 6.37. The zero-order valence-corrected chi connectivity index (χ0v) is 11.1. The normalized spacial score (nSPS) is 14.3. The predicted molar refractivity (Wildman–Crippen MR) is 70.9 cm³/mol. The molecule has 1 atom stereocenters. The lowest BCUT2D eigenvalue weighted by Crippen LogP contribution is -2.10. The summed E-state index contributed by atoms with van der Waals surface area (Å²) in [5.74, 6) is 0. The zero-order chi connectivity index (χ0) is 11.9. The van der Waals surface area contributed by atoms with Gasteiger partial charge in [0.05, 0.1) is 15.2 Å². The zero-order valence-electron chi connectivity index (χ0n) is 10.2. The largest absolute Gasteiger partial charge is 0.324 e. The fourth-order valence-corrected chi connectivity index (χ4v) is 2.72. The maximum Gasteiger partial charge on any atom is 0.0992 e. The highest BCUT2D eigenvalue weighted by molar-refractivity contribution is 7.18. The van der Waals surface area contributed by atoms with Gasteiger partial charge in [-0.3, -0.25) is 0 Å². The first-order chi connectivity index (χ1) is 7.39. The maximum atomic E-state index is 5.96. The van der Waals surface area contributed by atoms with Gasteiger partial charge in [0.25, 0.3) is 0 Å². The van der Waals surface area contributed by atoms with Crippen molar-refractivity contribution in [1.82, 2.24) is 4.98 Å². The van der Waals surface area contributed by atoms with E-state index in [9.17, 15) is 0 Å². The second kappa shape index (κ2) is 3.82. The molecule has 0 aliphatic rings. The Morgan fingerprint density at radius 2 is 2.00 bits per heavy atom. The monoisotopic (exact) mass is 234 g/mol. The summed E-state index contributed by atoms with van der Waals surface area (Å²) in [6.45, 7) is 8.58. The molecule has 1 aromatic carbocycles. The number of aromatic nitrogens is 1. The van der Waals surface area contributed by atoms with Crippen molar-refractivity contribution in [2.75, 3.05) is 0 Å². The number of hydrogen-bond acceptors (Lipinski definition) is 3. The Bertz CT molecular complexity index is 506. The van der Waals surface area contributed by atoms with Crippen LogP contribution in [0.1, 0.15) is 44.3 Å². The molecule has 2 N–H and O–H groups in total. The Balaban J connectivity index is 2.66. The van der Waals surface area contributed by atoms with Crippen LogP contribution in [0.5, 0.6) is 0 Å². The molecule has 0 amide bonds. The van der Waals surface area contributed by atoms with Crippen LogP contribution in [0.2, 0.25) is 0 Å². The maximum absolute atomic E-state index is 5.96. The van der Waals surface area contributed by atoms with Crippen molar-refractivity contribution in [3.8, 4) is 0 Å². The van der Waals surface area contributed by atoms with Crippen LogP contribution >= 0.6 is 11.3 Å². The standard InChI is InChI=1S/C13H18N2S/c1-8(14)9-6-5-7-10-11(9)15-12(16-10)13(2,3)4/h5-8H,14H2,1-4H3. The molecule has 0 saturated carbocycles. The van der Waals surface area contributed by atoms with Crippen molar-refractivity contribution in [1.29, 1.82) is 0 Å². The number of thiazole rings is 1. The molecule has 0 bridgehead atoms. The average molecular weight is 234 g/mol. The summed E-state index contributed by atoms with van der Waals surface area (Å²) in [5, 5.41) is 1.18. The van der Waals surface area contributed by atoms with E-state index in [0.29, 0.717) is 0 Å². The van der Waals surface area contributed by atoms with E-state index in [1.807, 2.05) is 6.92 Å². The lowest BCUT2D eigenvalue weighted by molar-refractivity contribution is 0.586. The van der Waals surface area contributed by atoms with Gasteiger partial charge >= 0.3 is 0 Å².